The zero-order valence-corrected chi connectivity index (χ0v) is 16.7. The van der Waals surface area contributed by atoms with Crippen molar-refractivity contribution in [3.8, 4) is 22.9 Å². The molecule has 0 radical (unpaired) electrons. The van der Waals surface area contributed by atoms with Crippen molar-refractivity contribution in [3.05, 3.63) is 75.7 Å². The van der Waals surface area contributed by atoms with Gasteiger partial charge in [0, 0.05) is 0 Å². The molecule has 1 aromatic heterocycles. The zero-order chi connectivity index (χ0) is 21.5. The number of halogens is 1. The number of para-hydroxylation sites is 1. The van der Waals surface area contributed by atoms with E-state index in [1.165, 1.54) is 17.1 Å². The number of carbonyl (C=O) groups excluding carboxylic acids is 1. The summed E-state index contributed by atoms with van der Waals surface area (Å²) in [6.07, 6.45) is 2.76. The van der Waals surface area contributed by atoms with Crippen molar-refractivity contribution in [2.24, 2.45) is 10.8 Å². The number of ether oxygens (including phenoxy) is 2. The first-order valence-corrected chi connectivity index (χ1v) is 9.24. The highest BCUT2D eigenvalue weighted by atomic mass is 35.5. The summed E-state index contributed by atoms with van der Waals surface area (Å²) in [5, 5.41) is 7.72. The fourth-order valence-corrected chi connectivity index (χ4v) is 2.66. The number of hydrazone groups is 1. The smallest absolute Gasteiger partial charge is 0.332 e. The molecular weight excluding hydrogens is 410 g/mol. The largest absolute Gasteiger partial charge is 0.490 e. The standard InChI is InChI=1S/C20H18ClN5O4/c1-2-29-16-10-13(11-23-25-20(22)28)8-9-15(16)30-17-12-24-26(19(27)18(17)21)14-6-4-3-5-7-14/h3-12H,2H2,1H3,(H3,22,25,28). The first kappa shape index (κ1) is 20.9. The Bertz CT molecular complexity index is 1130. The highest BCUT2D eigenvalue weighted by molar-refractivity contribution is 6.31. The lowest BCUT2D eigenvalue weighted by Gasteiger charge is -2.13. The second-order valence-corrected chi connectivity index (χ2v) is 6.23. The lowest BCUT2D eigenvalue weighted by molar-refractivity contribution is 0.249. The summed E-state index contributed by atoms with van der Waals surface area (Å²) >= 11 is 6.24. The van der Waals surface area contributed by atoms with Gasteiger partial charge in [0.2, 0.25) is 0 Å². The number of benzene rings is 2. The van der Waals surface area contributed by atoms with Crippen LogP contribution in [0.15, 0.2) is 64.6 Å². The molecule has 0 aliphatic heterocycles. The maximum atomic E-state index is 12.6. The van der Waals surface area contributed by atoms with Crippen LogP contribution in [0.4, 0.5) is 4.79 Å². The number of aromatic nitrogens is 2. The van der Waals surface area contributed by atoms with E-state index in [2.05, 4.69) is 15.6 Å². The molecule has 0 aliphatic rings. The number of primary amides is 1. The molecule has 154 valence electrons. The van der Waals surface area contributed by atoms with E-state index < -0.39 is 11.6 Å². The molecule has 30 heavy (non-hydrogen) atoms. The molecule has 2 amide bonds. The first-order chi connectivity index (χ1) is 14.5. The van der Waals surface area contributed by atoms with E-state index in [0.29, 0.717) is 29.4 Å². The molecule has 9 nitrogen and oxygen atoms in total. The molecule has 0 saturated heterocycles. The van der Waals surface area contributed by atoms with E-state index >= 15 is 0 Å². The Morgan fingerprint density at radius 2 is 2.00 bits per heavy atom. The third-order valence-electron chi connectivity index (χ3n) is 3.76. The summed E-state index contributed by atoms with van der Waals surface area (Å²) in [6, 6.07) is 13.1. The SMILES string of the molecule is CCOc1cc(C=NNC(N)=O)ccc1Oc1cnn(-c2ccccc2)c(=O)c1Cl. The summed E-state index contributed by atoms with van der Waals surface area (Å²) < 4.78 is 12.6. The van der Waals surface area contributed by atoms with Crippen LogP contribution in [-0.2, 0) is 0 Å². The number of nitrogens with one attached hydrogen (secondary N) is 1. The Morgan fingerprint density at radius 3 is 2.70 bits per heavy atom. The quantitative estimate of drug-likeness (QED) is 0.443. The topological polar surface area (TPSA) is 121 Å². The van der Waals surface area contributed by atoms with E-state index in [9.17, 15) is 9.59 Å². The van der Waals surface area contributed by atoms with Crippen LogP contribution < -0.4 is 26.2 Å². The minimum absolute atomic E-state index is 0.0895. The van der Waals surface area contributed by atoms with Gasteiger partial charge in [-0.05, 0) is 42.8 Å². The third kappa shape index (κ3) is 4.95. The van der Waals surface area contributed by atoms with Crippen molar-refractivity contribution in [1.82, 2.24) is 15.2 Å². The lowest BCUT2D eigenvalue weighted by Crippen LogP contribution is -2.24. The van der Waals surface area contributed by atoms with Crippen molar-refractivity contribution < 1.29 is 14.3 Å². The maximum absolute atomic E-state index is 12.6. The normalized spacial score (nSPS) is 10.7. The van der Waals surface area contributed by atoms with Crippen LogP contribution in [0.2, 0.25) is 5.02 Å². The Kier molecular flexibility index (Phi) is 6.66. The van der Waals surface area contributed by atoms with Gasteiger partial charge in [0.15, 0.2) is 22.3 Å². The zero-order valence-electron chi connectivity index (χ0n) is 15.9. The van der Waals surface area contributed by atoms with E-state index in [1.54, 1.807) is 42.5 Å². The van der Waals surface area contributed by atoms with Crippen molar-refractivity contribution in [1.29, 1.82) is 0 Å². The summed E-state index contributed by atoms with van der Waals surface area (Å²) in [4.78, 5) is 23.3. The Labute approximate surface area is 176 Å². The number of amides is 2. The third-order valence-corrected chi connectivity index (χ3v) is 4.11. The molecule has 0 fully saturated rings. The van der Waals surface area contributed by atoms with Crippen LogP contribution in [0.1, 0.15) is 12.5 Å². The Morgan fingerprint density at radius 1 is 1.23 bits per heavy atom. The van der Waals surface area contributed by atoms with Crippen molar-refractivity contribution in [2.75, 3.05) is 6.61 Å². The second-order valence-electron chi connectivity index (χ2n) is 5.85. The number of hydrogen-bond donors (Lipinski definition) is 2. The fraction of sp³-hybridized carbons (Fsp3) is 0.100. The molecule has 2 aromatic carbocycles. The average molecular weight is 428 g/mol. The highest BCUT2D eigenvalue weighted by Gasteiger charge is 2.15. The van der Waals surface area contributed by atoms with E-state index in [0.717, 1.165) is 0 Å². The van der Waals surface area contributed by atoms with Gasteiger partial charge < -0.3 is 15.2 Å². The van der Waals surface area contributed by atoms with Gasteiger partial charge in [-0.2, -0.15) is 14.9 Å². The molecule has 3 N–H and O–H groups in total. The van der Waals surface area contributed by atoms with Crippen molar-refractivity contribution in [3.63, 3.8) is 0 Å². The fourth-order valence-electron chi connectivity index (χ4n) is 2.49. The van der Waals surface area contributed by atoms with E-state index in [4.69, 9.17) is 26.8 Å². The summed E-state index contributed by atoms with van der Waals surface area (Å²) in [7, 11) is 0. The predicted octanol–water partition coefficient (Wildman–Crippen LogP) is 3.08. The van der Waals surface area contributed by atoms with Gasteiger partial charge in [0.25, 0.3) is 5.56 Å². The van der Waals surface area contributed by atoms with Crippen LogP contribution in [0.5, 0.6) is 17.2 Å². The van der Waals surface area contributed by atoms with Crippen molar-refractivity contribution >= 4 is 23.8 Å². The molecule has 1 heterocycles. The van der Waals surface area contributed by atoms with Gasteiger partial charge in [-0.1, -0.05) is 29.8 Å². The average Bonchev–Trinajstić information content (AvgIpc) is 2.74. The van der Waals surface area contributed by atoms with Gasteiger partial charge in [-0.15, -0.1) is 0 Å². The molecule has 3 aromatic rings. The molecule has 0 spiro atoms. The van der Waals surface area contributed by atoms with Gasteiger partial charge >= 0.3 is 6.03 Å². The number of hydrogen-bond acceptors (Lipinski definition) is 6. The predicted molar refractivity (Wildman–Crippen MR) is 113 cm³/mol. The Hall–Kier alpha value is -3.85. The van der Waals surface area contributed by atoms with Crippen LogP contribution >= 0.6 is 11.6 Å². The van der Waals surface area contributed by atoms with Crippen molar-refractivity contribution in [2.45, 2.75) is 6.92 Å². The van der Waals surface area contributed by atoms with Crippen LogP contribution in [0.25, 0.3) is 5.69 Å². The number of nitrogens with zero attached hydrogens (tertiary/aromatic N) is 3. The van der Waals surface area contributed by atoms with E-state index in [1.807, 2.05) is 13.0 Å². The molecular formula is C20H18ClN5O4. The molecule has 3 rings (SSSR count). The Balaban J connectivity index is 1.90. The number of urea groups is 1. The molecule has 10 heteroatoms. The summed E-state index contributed by atoms with van der Waals surface area (Å²) in [6.45, 7) is 2.19. The monoisotopic (exact) mass is 427 g/mol. The number of rotatable bonds is 7. The highest BCUT2D eigenvalue weighted by Crippen LogP contribution is 2.34. The van der Waals surface area contributed by atoms with Gasteiger partial charge in [0.05, 0.1) is 24.7 Å². The minimum Gasteiger partial charge on any atom is -0.490 e. The lowest BCUT2D eigenvalue weighted by atomic mass is 10.2. The van der Waals surface area contributed by atoms with Crippen LogP contribution in [0.3, 0.4) is 0 Å². The van der Waals surface area contributed by atoms with Crippen LogP contribution in [0, 0.1) is 0 Å². The molecule has 0 atom stereocenters. The molecule has 0 aliphatic carbocycles. The number of carbonyl (C=O) groups is 1. The first-order valence-electron chi connectivity index (χ1n) is 8.86. The molecule has 0 saturated carbocycles. The van der Waals surface area contributed by atoms with E-state index in [-0.39, 0.29) is 10.8 Å². The summed E-state index contributed by atoms with van der Waals surface area (Å²) in [5.74, 6) is 0.813. The second kappa shape index (κ2) is 9.57. The van der Waals surface area contributed by atoms with Crippen LogP contribution in [-0.4, -0.2) is 28.6 Å². The van der Waals surface area contributed by atoms with Gasteiger partial charge in [-0.3, -0.25) is 4.79 Å². The maximum Gasteiger partial charge on any atom is 0.332 e. The number of nitrogens with two attached hydrogens (primary N) is 1. The van der Waals surface area contributed by atoms with Gasteiger partial charge in [-0.25, -0.2) is 10.2 Å². The van der Waals surface area contributed by atoms with Gasteiger partial charge in [0.1, 0.15) is 0 Å². The molecule has 0 unspecified atom stereocenters. The minimum atomic E-state index is -0.774. The molecule has 0 bridgehead atoms. The summed E-state index contributed by atoms with van der Waals surface area (Å²) in [5.41, 5.74) is 7.77.